The minimum Gasteiger partial charge on any atom is -0.385 e. The number of hydrogen-bond acceptors (Lipinski definition) is 1. The first kappa shape index (κ1) is 14.1. The fourth-order valence-corrected chi connectivity index (χ4v) is 4.10. The van der Waals surface area contributed by atoms with Crippen LogP contribution in [0.15, 0.2) is 24.3 Å². The van der Waals surface area contributed by atoms with E-state index in [4.69, 9.17) is 0 Å². The maximum Gasteiger partial charge on any atom is 0.0902 e. The molecule has 2 atom stereocenters. The van der Waals surface area contributed by atoms with E-state index in [-0.39, 0.29) is 0 Å². The average Bonchev–Trinajstić information content (AvgIpc) is 2.37. The van der Waals surface area contributed by atoms with E-state index < -0.39 is 5.60 Å². The van der Waals surface area contributed by atoms with Crippen molar-refractivity contribution in [2.75, 3.05) is 0 Å². The lowest BCUT2D eigenvalue weighted by Gasteiger charge is -2.41. The minimum absolute atomic E-state index is 0.570. The van der Waals surface area contributed by atoms with Gasteiger partial charge in [0, 0.05) is 0 Å². The van der Waals surface area contributed by atoms with Gasteiger partial charge < -0.3 is 5.11 Å². The van der Waals surface area contributed by atoms with E-state index in [1.807, 2.05) is 0 Å². The highest BCUT2D eigenvalue weighted by Crippen LogP contribution is 2.47. The SMILES string of the molecule is CC(C)C1CCCC(O)(c2ccccc2C2CCC2)C1. The highest BCUT2D eigenvalue weighted by molar-refractivity contribution is 5.36. The summed E-state index contributed by atoms with van der Waals surface area (Å²) in [6.07, 6.45) is 8.31. The van der Waals surface area contributed by atoms with Crippen LogP contribution in [0.2, 0.25) is 0 Å². The summed E-state index contributed by atoms with van der Waals surface area (Å²) < 4.78 is 0. The maximum atomic E-state index is 11.3. The number of rotatable bonds is 3. The molecule has 2 unspecified atom stereocenters. The zero-order valence-corrected chi connectivity index (χ0v) is 12.9. The van der Waals surface area contributed by atoms with Crippen LogP contribution in [-0.2, 0) is 5.60 Å². The van der Waals surface area contributed by atoms with Gasteiger partial charge in [-0.05, 0) is 67.4 Å². The van der Waals surface area contributed by atoms with E-state index in [0.717, 1.165) is 12.8 Å². The molecule has 3 rings (SSSR count). The van der Waals surface area contributed by atoms with E-state index in [1.165, 1.54) is 43.2 Å². The Balaban J connectivity index is 1.90. The Kier molecular flexibility index (Phi) is 3.90. The van der Waals surface area contributed by atoms with Gasteiger partial charge in [0.2, 0.25) is 0 Å². The van der Waals surface area contributed by atoms with Crippen molar-refractivity contribution in [2.45, 2.75) is 70.3 Å². The molecule has 0 heterocycles. The third-order valence-corrected chi connectivity index (χ3v) is 5.72. The van der Waals surface area contributed by atoms with Gasteiger partial charge in [-0.25, -0.2) is 0 Å². The van der Waals surface area contributed by atoms with Crippen molar-refractivity contribution in [3.05, 3.63) is 35.4 Å². The van der Waals surface area contributed by atoms with Gasteiger partial charge in [-0.3, -0.25) is 0 Å². The quantitative estimate of drug-likeness (QED) is 0.822. The summed E-state index contributed by atoms with van der Waals surface area (Å²) in [4.78, 5) is 0. The molecular formula is C19H28O. The van der Waals surface area contributed by atoms with Crippen LogP contribution in [0.5, 0.6) is 0 Å². The monoisotopic (exact) mass is 272 g/mol. The van der Waals surface area contributed by atoms with Gasteiger partial charge in [0.1, 0.15) is 0 Å². The third-order valence-electron chi connectivity index (χ3n) is 5.72. The summed E-state index contributed by atoms with van der Waals surface area (Å²) in [7, 11) is 0. The van der Waals surface area contributed by atoms with Gasteiger partial charge in [0.15, 0.2) is 0 Å². The van der Waals surface area contributed by atoms with Crippen molar-refractivity contribution in [1.82, 2.24) is 0 Å². The summed E-state index contributed by atoms with van der Waals surface area (Å²) in [6, 6.07) is 8.70. The van der Waals surface area contributed by atoms with Gasteiger partial charge in [-0.1, -0.05) is 44.5 Å². The molecule has 1 aromatic rings. The maximum absolute atomic E-state index is 11.3. The van der Waals surface area contributed by atoms with Crippen molar-refractivity contribution in [1.29, 1.82) is 0 Å². The zero-order chi connectivity index (χ0) is 14.2. The van der Waals surface area contributed by atoms with Crippen molar-refractivity contribution in [2.24, 2.45) is 11.8 Å². The van der Waals surface area contributed by atoms with E-state index >= 15 is 0 Å². The van der Waals surface area contributed by atoms with Gasteiger partial charge in [-0.15, -0.1) is 0 Å². The smallest absolute Gasteiger partial charge is 0.0902 e. The minimum atomic E-state index is -0.570. The number of aliphatic hydroxyl groups is 1. The van der Waals surface area contributed by atoms with E-state index in [1.54, 1.807) is 0 Å². The molecule has 0 aliphatic heterocycles. The van der Waals surface area contributed by atoms with Crippen LogP contribution >= 0.6 is 0 Å². The second-order valence-electron chi connectivity index (χ2n) is 7.35. The molecule has 0 amide bonds. The highest BCUT2D eigenvalue weighted by Gasteiger charge is 2.39. The lowest BCUT2D eigenvalue weighted by molar-refractivity contribution is -0.0307. The Bertz CT molecular complexity index is 461. The van der Waals surface area contributed by atoms with E-state index in [0.29, 0.717) is 17.8 Å². The molecule has 2 saturated carbocycles. The Hall–Kier alpha value is -0.820. The molecule has 20 heavy (non-hydrogen) atoms. The Labute approximate surface area is 123 Å². The summed E-state index contributed by atoms with van der Waals surface area (Å²) in [5, 5.41) is 11.3. The van der Waals surface area contributed by atoms with Crippen LogP contribution < -0.4 is 0 Å². The Morgan fingerprint density at radius 3 is 2.50 bits per heavy atom. The van der Waals surface area contributed by atoms with Crippen molar-refractivity contribution < 1.29 is 5.11 Å². The number of benzene rings is 1. The van der Waals surface area contributed by atoms with Crippen LogP contribution in [-0.4, -0.2) is 5.11 Å². The van der Waals surface area contributed by atoms with Gasteiger partial charge in [0.05, 0.1) is 5.60 Å². The fraction of sp³-hybridized carbons (Fsp3) is 0.684. The molecule has 2 aliphatic carbocycles. The van der Waals surface area contributed by atoms with Crippen LogP contribution in [0.4, 0.5) is 0 Å². The average molecular weight is 272 g/mol. The Morgan fingerprint density at radius 2 is 1.85 bits per heavy atom. The molecular weight excluding hydrogens is 244 g/mol. The van der Waals surface area contributed by atoms with Crippen LogP contribution in [0.25, 0.3) is 0 Å². The first-order valence-electron chi connectivity index (χ1n) is 8.42. The molecule has 0 spiro atoms. The predicted molar refractivity (Wildman–Crippen MR) is 83.7 cm³/mol. The molecule has 1 aromatic carbocycles. The fourth-order valence-electron chi connectivity index (χ4n) is 4.10. The first-order valence-corrected chi connectivity index (χ1v) is 8.42. The summed E-state index contributed by atoms with van der Waals surface area (Å²) >= 11 is 0. The largest absolute Gasteiger partial charge is 0.385 e. The summed E-state index contributed by atoms with van der Waals surface area (Å²) in [6.45, 7) is 4.60. The molecule has 2 fully saturated rings. The van der Waals surface area contributed by atoms with Crippen molar-refractivity contribution >= 4 is 0 Å². The number of hydrogen-bond donors (Lipinski definition) is 1. The molecule has 110 valence electrons. The van der Waals surface area contributed by atoms with E-state index in [2.05, 4.69) is 38.1 Å². The second-order valence-corrected chi connectivity index (χ2v) is 7.35. The standard InChI is InChI=1S/C19H28O/c1-14(2)16-9-6-12-19(20,13-16)18-11-4-3-10-17(18)15-7-5-8-15/h3-4,10-11,14-16,20H,5-9,12-13H2,1-2H3. The van der Waals surface area contributed by atoms with Gasteiger partial charge in [0.25, 0.3) is 0 Å². The van der Waals surface area contributed by atoms with Gasteiger partial charge >= 0.3 is 0 Å². The molecule has 2 aliphatic rings. The van der Waals surface area contributed by atoms with Crippen molar-refractivity contribution in [3.8, 4) is 0 Å². The second kappa shape index (κ2) is 5.52. The molecule has 0 radical (unpaired) electrons. The summed E-state index contributed by atoms with van der Waals surface area (Å²) in [5.41, 5.74) is 2.11. The Morgan fingerprint density at radius 1 is 1.10 bits per heavy atom. The van der Waals surface area contributed by atoms with Crippen LogP contribution in [0.1, 0.15) is 75.8 Å². The molecule has 1 N–H and O–H groups in total. The molecule has 0 saturated heterocycles. The topological polar surface area (TPSA) is 20.2 Å². The summed E-state index contributed by atoms with van der Waals surface area (Å²) in [5.74, 6) is 2.05. The third kappa shape index (κ3) is 2.53. The first-order chi connectivity index (χ1) is 9.60. The molecule has 1 heteroatoms. The van der Waals surface area contributed by atoms with Crippen LogP contribution in [0.3, 0.4) is 0 Å². The highest BCUT2D eigenvalue weighted by atomic mass is 16.3. The van der Waals surface area contributed by atoms with E-state index in [9.17, 15) is 5.11 Å². The molecule has 1 nitrogen and oxygen atoms in total. The molecule has 0 bridgehead atoms. The normalized spacial score (nSPS) is 31.3. The molecule has 0 aromatic heterocycles. The van der Waals surface area contributed by atoms with Crippen LogP contribution in [0, 0.1) is 11.8 Å². The lowest BCUT2D eigenvalue weighted by atomic mass is 9.67. The predicted octanol–water partition coefficient (Wildman–Crippen LogP) is 4.99. The van der Waals surface area contributed by atoms with Gasteiger partial charge in [-0.2, -0.15) is 0 Å². The zero-order valence-electron chi connectivity index (χ0n) is 12.9. The lowest BCUT2D eigenvalue weighted by Crippen LogP contribution is -2.36. The van der Waals surface area contributed by atoms with Crippen molar-refractivity contribution in [3.63, 3.8) is 0 Å².